The van der Waals surface area contributed by atoms with Gasteiger partial charge in [-0.15, -0.1) is 0 Å². The zero-order valence-corrected chi connectivity index (χ0v) is 21.9. The van der Waals surface area contributed by atoms with Gasteiger partial charge in [-0.3, -0.25) is 9.80 Å². The Kier molecular flexibility index (Phi) is 13.6. The van der Waals surface area contributed by atoms with Crippen molar-refractivity contribution >= 4 is 20.3 Å². The van der Waals surface area contributed by atoms with Gasteiger partial charge in [-0.1, -0.05) is 95.0 Å². The molecule has 0 atom stereocenters. The van der Waals surface area contributed by atoms with Crippen LogP contribution in [-0.4, -0.2) is 50.8 Å². The second kappa shape index (κ2) is 15.0. The molecule has 0 aliphatic heterocycles. The maximum absolute atomic E-state index is 4.18. The standard InChI is InChI=1S/C27H48N2Si/c1-8-12-19-28(20-13-9-2)27(7,29(21-14-10-3)22-15-11-4)30-26-18-16-17-25(23-26)24(5)6/h16-18,23H,5,8-15,19-22H2,1-4,6-7H3. The molecular weight excluding hydrogens is 380 g/mol. The molecule has 0 aliphatic rings. The fourth-order valence-corrected chi connectivity index (χ4v) is 5.70. The summed E-state index contributed by atoms with van der Waals surface area (Å²) in [6.07, 6.45) is 10.2. The number of benzene rings is 1. The van der Waals surface area contributed by atoms with Crippen molar-refractivity contribution in [2.24, 2.45) is 0 Å². The van der Waals surface area contributed by atoms with Gasteiger partial charge in [0.25, 0.3) is 0 Å². The van der Waals surface area contributed by atoms with Crippen LogP contribution >= 0.6 is 0 Å². The van der Waals surface area contributed by atoms with Crippen LogP contribution in [0.25, 0.3) is 5.57 Å². The van der Waals surface area contributed by atoms with Gasteiger partial charge >= 0.3 is 0 Å². The molecule has 1 aromatic rings. The Morgan fingerprint density at radius 3 is 1.63 bits per heavy atom. The molecule has 2 radical (unpaired) electrons. The van der Waals surface area contributed by atoms with E-state index in [1.165, 1.54) is 88.3 Å². The van der Waals surface area contributed by atoms with Crippen molar-refractivity contribution in [1.82, 2.24) is 9.80 Å². The van der Waals surface area contributed by atoms with Crippen molar-refractivity contribution < 1.29 is 0 Å². The van der Waals surface area contributed by atoms with E-state index in [0.29, 0.717) is 0 Å². The lowest BCUT2D eigenvalue weighted by Gasteiger charge is -2.49. The van der Waals surface area contributed by atoms with Gasteiger partial charge in [-0.2, -0.15) is 0 Å². The van der Waals surface area contributed by atoms with Crippen LogP contribution in [0.1, 0.15) is 98.5 Å². The number of unbranched alkanes of at least 4 members (excludes halogenated alkanes) is 4. The quantitative estimate of drug-likeness (QED) is 0.206. The molecular formula is C27H48N2Si. The number of rotatable bonds is 17. The number of allylic oxidation sites excluding steroid dienone is 1. The monoisotopic (exact) mass is 428 g/mol. The molecule has 1 aromatic carbocycles. The van der Waals surface area contributed by atoms with Crippen LogP contribution in [0.5, 0.6) is 0 Å². The molecule has 0 saturated carbocycles. The van der Waals surface area contributed by atoms with Crippen LogP contribution in [0.4, 0.5) is 0 Å². The highest BCUT2D eigenvalue weighted by Gasteiger charge is 2.37. The van der Waals surface area contributed by atoms with E-state index in [0.717, 1.165) is 15.1 Å². The first-order valence-corrected chi connectivity index (χ1v) is 13.5. The third-order valence-electron chi connectivity index (χ3n) is 6.09. The van der Waals surface area contributed by atoms with Gasteiger partial charge in [0.2, 0.25) is 0 Å². The summed E-state index contributed by atoms with van der Waals surface area (Å²) in [6.45, 7) is 22.9. The Hall–Kier alpha value is -0.903. The van der Waals surface area contributed by atoms with Crippen molar-refractivity contribution in [1.29, 1.82) is 0 Å². The van der Waals surface area contributed by atoms with Gasteiger partial charge in [0.15, 0.2) is 0 Å². The third-order valence-corrected chi connectivity index (χ3v) is 7.80. The van der Waals surface area contributed by atoms with Crippen molar-refractivity contribution in [3.63, 3.8) is 0 Å². The molecule has 1 rings (SSSR count). The molecule has 30 heavy (non-hydrogen) atoms. The Morgan fingerprint density at radius 2 is 1.27 bits per heavy atom. The van der Waals surface area contributed by atoms with E-state index in [4.69, 9.17) is 0 Å². The first kappa shape index (κ1) is 27.1. The molecule has 2 nitrogen and oxygen atoms in total. The molecule has 0 aromatic heterocycles. The van der Waals surface area contributed by atoms with Crippen LogP contribution in [0.2, 0.25) is 0 Å². The molecule has 0 bridgehead atoms. The maximum atomic E-state index is 4.18. The molecule has 0 saturated heterocycles. The number of nitrogens with zero attached hydrogens (tertiary/aromatic N) is 2. The molecule has 3 heteroatoms. The van der Waals surface area contributed by atoms with Crippen LogP contribution < -0.4 is 5.19 Å². The second-order valence-electron chi connectivity index (χ2n) is 8.90. The molecule has 0 unspecified atom stereocenters. The normalized spacial score (nSPS) is 12.1. The molecule has 0 N–H and O–H groups in total. The van der Waals surface area contributed by atoms with Crippen molar-refractivity contribution in [3.05, 3.63) is 36.4 Å². The summed E-state index contributed by atoms with van der Waals surface area (Å²) < 4.78 is 0. The van der Waals surface area contributed by atoms with Gasteiger partial charge < -0.3 is 0 Å². The lowest BCUT2D eigenvalue weighted by Crippen LogP contribution is -2.65. The van der Waals surface area contributed by atoms with E-state index in [1.54, 1.807) is 0 Å². The van der Waals surface area contributed by atoms with E-state index in [9.17, 15) is 0 Å². The zero-order valence-electron chi connectivity index (χ0n) is 20.9. The van der Waals surface area contributed by atoms with Crippen LogP contribution in [0, 0.1) is 0 Å². The van der Waals surface area contributed by atoms with E-state index < -0.39 is 0 Å². The first-order chi connectivity index (χ1) is 14.4. The summed E-state index contributed by atoms with van der Waals surface area (Å²) >= 11 is 0. The highest BCUT2D eigenvalue weighted by atomic mass is 28.2. The van der Waals surface area contributed by atoms with Crippen molar-refractivity contribution in [2.75, 3.05) is 26.2 Å². The molecule has 0 fully saturated rings. The minimum absolute atomic E-state index is 0.0857. The molecule has 170 valence electrons. The molecule has 0 spiro atoms. The van der Waals surface area contributed by atoms with Gasteiger partial charge in [0.05, 0.1) is 5.29 Å². The van der Waals surface area contributed by atoms with Gasteiger partial charge in [0.1, 0.15) is 9.52 Å². The minimum Gasteiger partial charge on any atom is -0.288 e. The molecule has 0 aliphatic carbocycles. The first-order valence-electron chi connectivity index (χ1n) is 12.5. The summed E-state index contributed by atoms with van der Waals surface area (Å²) in [7, 11) is 0.754. The van der Waals surface area contributed by atoms with Gasteiger partial charge in [-0.05, 0) is 71.3 Å². The van der Waals surface area contributed by atoms with Gasteiger partial charge in [-0.25, -0.2) is 0 Å². The topological polar surface area (TPSA) is 6.48 Å². The second-order valence-corrected chi connectivity index (χ2v) is 10.7. The van der Waals surface area contributed by atoms with Crippen LogP contribution in [0.15, 0.2) is 30.8 Å². The Bertz CT molecular complexity index is 562. The Labute approximate surface area is 190 Å². The molecule has 0 heterocycles. The Morgan fingerprint density at radius 1 is 0.833 bits per heavy atom. The fourth-order valence-electron chi connectivity index (χ4n) is 3.98. The minimum atomic E-state index is 0.0857. The molecule has 0 amide bonds. The zero-order chi connectivity index (χ0) is 22.4. The SMILES string of the molecule is C=C(C)c1cccc([Si]C(C)(N(CCCC)CCCC)N(CCCC)CCCC)c1. The lowest BCUT2D eigenvalue weighted by molar-refractivity contribution is 0.0127. The number of hydrogen-bond donors (Lipinski definition) is 0. The third kappa shape index (κ3) is 8.68. The summed E-state index contributed by atoms with van der Waals surface area (Å²) in [5.41, 5.74) is 2.44. The largest absolute Gasteiger partial charge is 0.288 e. The predicted octanol–water partition coefficient (Wildman–Crippen LogP) is 6.53. The van der Waals surface area contributed by atoms with E-state index in [1.807, 2.05) is 0 Å². The van der Waals surface area contributed by atoms with Crippen molar-refractivity contribution in [2.45, 2.75) is 98.2 Å². The lowest BCUT2D eigenvalue weighted by atomic mass is 10.1. The average molecular weight is 429 g/mol. The maximum Gasteiger partial charge on any atom is 0.127 e. The average Bonchev–Trinajstić information content (AvgIpc) is 2.73. The number of hydrogen-bond acceptors (Lipinski definition) is 2. The van der Waals surface area contributed by atoms with E-state index in [2.05, 4.69) is 82.2 Å². The van der Waals surface area contributed by atoms with Gasteiger partial charge in [0, 0.05) is 0 Å². The van der Waals surface area contributed by atoms with E-state index >= 15 is 0 Å². The van der Waals surface area contributed by atoms with E-state index in [-0.39, 0.29) is 5.29 Å². The van der Waals surface area contributed by atoms with Crippen LogP contribution in [0.3, 0.4) is 0 Å². The summed E-state index contributed by atoms with van der Waals surface area (Å²) in [5, 5.41) is 1.55. The predicted molar refractivity (Wildman–Crippen MR) is 138 cm³/mol. The summed E-state index contributed by atoms with van der Waals surface area (Å²) in [5.74, 6) is 0. The smallest absolute Gasteiger partial charge is 0.127 e. The fraction of sp³-hybridized carbons (Fsp3) is 0.704. The summed E-state index contributed by atoms with van der Waals surface area (Å²) in [6, 6.07) is 9.14. The highest BCUT2D eigenvalue weighted by Crippen LogP contribution is 2.23. The summed E-state index contributed by atoms with van der Waals surface area (Å²) in [4.78, 5) is 5.66. The van der Waals surface area contributed by atoms with Crippen molar-refractivity contribution in [3.8, 4) is 0 Å². The Balaban J connectivity index is 3.33. The highest BCUT2D eigenvalue weighted by molar-refractivity contribution is 6.56. The van der Waals surface area contributed by atoms with Crippen LogP contribution in [-0.2, 0) is 0 Å².